The molecule has 0 radical (unpaired) electrons. The minimum atomic E-state index is -0.258. The van der Waals surface area contributed by atoms with Gasteiger partial charge in [-0.3, -0.25) is 9.36 Å². The number of thioether (sulfide) groups is 1. The highest BCUT2D eigenvalue weighted by Gasteiger charge is 2.20. The highest BCUT2D eigenvalue weighted by atomic mass is 32.2. The smallest absolute Gasteiger partial charge is 0.262 e. The van der Waals surface area contributed by atoms with Gasteiger partial charge in [0.1, 0.15) is 5.82 Å². The van der Waals surface area contributed by atoms with Gasteiger partial charge < -0.3 is 4.74 Å². The van der Waals surface area contributed by atoms with Crippen LogP contribution in [0, 0.1) is 5.82 Å². The van der Waals surface area contributed by atoms with Gasteiger partial charge in [0.2, 0.25) is 0 Å². The molecule has 0 N–H and O–H groups in total. The number of hydrogen-bond donors (Lipinski definition) is 0. The van der Waals surface area contributed by atoms with Crippen LogP contribution in [0.25, 0.3) is 10.9 Å². The van der Waals surface area contributed by atoms with Crippen LogP contribution in [0.15, 0.2) is 58.5 Å². The molecule has 0 bridgehead atoms. The monoisotopic (exact) mass is 370 g/mol. The van der Waals surface area contributed by atoms with Gasteiger partial charge in [0.15, 0.2) is 5.16 Å². The van der Waals surface area contributed by atoms with Crippen molar-refractivity contribution in [3.8, 4) is 0 Å². The molecule has 1 aromatic heterocycles. The Morgan fingerprint density at radius 2 is 2.12 bits per heavy atom. The van der Waals surface area contributed by atoms with Gasteiger partial charge in [-0.25, -0.2) is 9.37 Å². The third kappa shape index (κ3) is 3.66. The molecule has 1 saturated heterocycles. The maximum absolute atomic E-state index is 13.4. The lowest BCUT2D eigenvalue weighted by Crippen LogP contribution is -2.28. The number of hydrogen-bond acceptors (Lipinski definition) is 4. The maximum Gasteiger partial charge on any atom is 0.262 e. The van der Waals surface area contributed by atoms with Crippen LogP contribution < -0.4 is 5.56 Å². The summed E-state index contributed by atoms with van der Waals surface area (Å²) in [7, 11) is 0. The molecular formula is C20H19FN2O2S. The Morgan fingerprint density at radius 1 is 1.23 bits per heavy atom. The average molecular weight is 370 g/mol. The Morgan fingerprint density at radius 3 is 2.92 bits per heavy atom. The predicted molar refractivity (Wildman–Crippen MR) is 101 cm³/mol. The molecule has 0 amide bonds. The van der Waals surface area contributed by atoms with Crippen LogP contribution in [-0.4, -0.2) is 22.3 Å². The van der Waals surface area contributed by atoms with Gasteiger partial charge in [-0.15, -0.1) is 0 Å². The van der Waals surface area contributed by atoms with Crippen molar-refractivity contribution >= 4 is 22.7 Å². The van der Waals surface area contributed by atoms with Crippen LogP contribution in [0.5, 0.6) is 0 Å². The molecule has 6 heteroatoms. The zero-order chi connectivity index (χ0) is 17.9. The molecule has 26 heavy (non-hydrogen) atoms. The van der Waals surface area contributed by atoms with Gasteiger partial charge in [0, 0.05) is 12.4 Å². The molecular weight excluding hydrogens is 351 g/mol. The van der Waals surface area contributed by atoms with E-state index in [4.69, 9.17) is 9.72 Å². The Balaban J connectivity index is 1.69. The summed E-state index contributed by atoms with van der Waals surface area (Å²) in [5.41, 5.74) is 1.50. The van der Waals surface area contributed by atoms with E-state index in [-0.39, 0.29) is 17.5 Å². The lowest BCUT2D eigenvalue weighted by molar-refractivity contribution is 0.0937. The quantitative estimate of drug-likeness (QED) is 0.503. The molecule has 3 aromatic rings. The summed E-state index contributed by atoms with van der Waals surface area (Å²) in [4.78, 5) is 17.7. The molecule has 0 saturated carbocycles. The molecule has 2 heterocycles. The maximum atomic E-state index is 13.4. The molecule has 134 valence electrons. The SMILES string of the molecule is O=c1c2ccccc2nc(SCc2cccc(F)c2)n1C[C@H]1CCCO1. The first-order valence-electron chi connectivity index (χ1n) is 8.69. The molecule has 1 aliphatic rings. The number of para-hydroxylation sites is 1. The summed E-state index contributed by atoms with van der Waals surface area (Å²) >= 11 is 1.45. The second-order valence-electron chi connectivity index (χ2n) is 6.38. The number of ether oxygens (including phenoxy) is 1. The average Bonchev–Trinajstić information content (AvgIpc) is 3.16. The number of fused-ring (bicyclic) bond motifs is 1. The standard InChI is InChI=1S/C20H19FN2O2S/c21-15-6-3-5-14(11-15)13-26-20-22-18-9-2-1-8-17(18)19(24)23(20)12-16-7-4-10-25-16/h1-3,5-6,8-9,11,16H,4,7,10,12-13H2/t16-/m1/s1. The van der Waals surface area contributed by atoms with E-state index in [0.29, 0.717) is 28.4 Å². The third-order valence-electron chi connectivity index (χ3n) is 4.49. The Bertz CT molecular complexity index is 983. The Kier molecular flexibility index (Phi) is 5.04. The van der Waals surface area contributed by atoms with Crippen LogP contribution >= 0.6 is 11.8 Å². The molecule has 4 nitrogen and oxygen atoms in total. The second-order valence-corrected chi connectivity index (χ2v) is 7.32. The minimum absolute atomic E-state index is 0.0455. The van der Waals surface area contributed by atoms with Crippen molar-refractivity contribution in [2.24, 2.45) is 0 Å². The predicted octanol–water partition coefficient (Wildman–Crippen LogP) is 4.01. The lowest BCUT2D eigenvalue weighted by Gasteiger charge is -2.16. The number of benzene rings is 2. The van der Waals surface area contributed by atoms with Crippen LogP contribution in [0.3, 0.4) is 0 Å². The van der Waals surface area contributed by atoms with E-state index in [1.165, 1.54) is 23.9 Å². The normalized spacial score (nSPS) is 17.0. The van der Waals surface area contributed by atoms with E-state index >= 15 is 0 Å². The largest absolute Gasteiger partial charge is 0.376 e. The molecule has 4 rings (SSSR count). The topological polar surface area (TPSA) is 44.1 Å². The van der Waals surface area contributed by atoms with E-state index in [0.717, 1.165) is 25.0 Å². The fourth-order valence-electron chi connectivity index (χ4n) is 3.19. The summed E-state index contributed by atoms with van der Waals surface area (Å²) < 4.78 is 20.8. The van der Waals surface area contributed by atoms with Crippen LogP contribution in [0.2, 0.25) is 0 Å². The summed E-state index contributed by atoms with van der Waals surface area (Å²) in [6.45, 7) is 1.24. The molecule has 0 aliphatic carbocycles. The Hall–Kier alpha value is -2.18. The summed E-state index contributed by atoms with van der Waals surface area (Å²) in [5, 5.41) is 1.26. The van der Waals surface area contributed by atoms with Crippen molar-refractivity contribution in [2.45, 2.75) is 36.4 Å². The minimum Gasteiger partial charge on any atom is -0.376 e. The van der Waals surface area contributed by atoms with Gasteiger partial charge in [-0.05, 0) is 42.7 Å². The molecule has 1 aliphatic heterocycles. The van der Waals surface area contributed by atoms with Gasteiger partial charge in [0.25, 0.3) is 5.56 Å². The van der Waals surface area contributed by atoms with E-state index < -0.39 is 0 Å². The lowest BCUT2D eigenvalue weighted by atomic mass is 10.2. The van der Waals surface area contributed by atoms with Gasteiger partial charge >= 0.3 is 0 Å². The fraction of sp³-hybridized carbons (Fsp3) is 0.300. The van der Waals surface area contributed by atoms with Crippen LogP contribution in [0.1, 0.15) is 18.4 Å². The Labute approximate surface area is 155 Å². The second kappa shape index (κ2) is 7.60. The summed E-state index contributed by atoms with van der Waals surface area (Å²) in [6.07, 6.45) is 2.02. The number of halogens is 1. The third-order valence-corrected chi connectivity index (χ3v) is 5.54. The van der Waals surface area contributed by atoms with Crippen molar-refractivity contribution in [3.05, 3.63) is 70.3 Å². The molecule has 1 atom stereocenters. The number of aromatic nitrogens is 2. The van der Waals surface area contributed by atoms with Crippen molar-refractivity contribution < 1.29 is 9.13 Å². The van der Waals surface area contributed by atoms with Crippen molar-refractivity contribution in [1.82, 2.24) is 9.55 Å². The number of nitrogens with zero attached hydrogens (tertiary/aromatic N) is 2. The van der Waals surface area contributed by atoms with E-state index in [1.807, 2.05) is 24.3 Å². The number of rotatable bonds is 5. The fourth-order valence-corrected chi connectivity index (χ4v) is 4.14. The summed E-state index contributed by atoms with van der Waals surface area (Å²) in [5.74, 6) is 0.292. The van der Waals surface area contributed by atoms with Crippen LogP contribution in [0.4, 0.5) is 4.39 Å². The van der Waals surface area contributed by atoms with Crippen molar-refractivity contribution in [1.29, 1.82) is 0 Å². The first-order valence-corrected chi connectivity index (χ1v) is 9.68. The van der Waals surface area contributed by atoms with E-state index in [1.54, 1.807) is 16.7 Å². The summed E-state index contributed by atoms with van der Waals surface area (Å²) in [6, 6.07) is 13.9. The van der Waals surface area contributed by atoms with Crippen molar-refractivity contribution in [2.75, 3.05) is 6.61 Å². The van der Waals surface area contributed by atoms with Crippen LogP contribution in [-0.2, 0) is 17.0 Å². The highest BCUT2D eigenvalue weighted by molar-refractivity contribution is 7.98. The molecule has 0 unspecified atom stereocenters. The molecule has 2 aromatic carbocycles. The highest BCUT2D eigenvalue weighted by Crippen LogP contribution is 2.24. The van der Waals surface area contributed by atoms with E-state index in [9.17, 15) is 9.18 Å². The first-order chi connectivity index (χ1) is 12.7. The van der Waals surface area contributed by atoms with Gasteiger partial charge in [-0.1, -0.05) is 36.0 Å². The van der Waals surface area contributed by atoms with Gasteiger partial charge in [-0.2, -0.15) is 0 Å². The molecule has 0 spiro atoms. The zero-order valence-corrected chi connectivity index (χ0v) is 15.0. The van der Waals surface area contributed by atoms with Gasteiger partial charge in [0.05, 0.1) is 23.6 Å². The zero-order valence-electron chi connectivity index (χ0n) is 14.2. The molecule has 1 fully saturated rings. The van der Waals surface area contributed by atoms with Crippen molar-refractivity contribution in [3.63, 3.8) is 0 Å². The first kappa shape index (κ1) is 17.2. The van der Waals surface area contributed by atoms with E-state index in [2.05, 4.69) is 0 Å².